The molecule has 4 heteroatoms. The number of benzene rings is 9. The standard InChI is InChI=1S/C48H28N4/c49-29-31-10-19-37(20-11-31)51(38-21-12-32(30-50)13-22-38)39-23-14-33(15-24-39)40-25-16-34-17-27-43-47-35(18-26-41(40)46(34)47)28-45-48(43)42-8-4-5-9-44(42)52(45)36-6-2-1-3-7-36/h1-28H. The van der Waals surface area contributed by atoms with E-state index in [4.69, 9.17) is 0 Å². The molecule has 10 rings (SSSR count). The van der Waals surface area contributed by atoms with Crippen molar-refractivity contribution in [2.24, 2.45) is 0 Å². The van der Waals surface area contributed by atoms with Crippen molar-refractivity contribution >= 4 is 71.2 Å². The van der Waals surface area contributed by atoms with Crippen LogP contribution in [0.3, 0.4) is 0 Å². The van der Waals surface area contributed by atoms with Crippen molar-refractivity contribution in [3.63, 3.8) is 0 Å². The SMILES string of the molecule is N#Cc1ccc(N(c2ccc(C#N)cc2)c2ccc(-c3ccc4ccc5c6c(ccc3c46)cc3c5c4ccccc4n3-c3ccccc3)cc2)cc1. The molecule has 4 nitrogen and oxygen atoms in total. The molecular formula is C48H28N4. The monoisotopic (exact) mass is 660 g/mol. The Bertz CT molecular complexity index is 2990. The first-order valence-electron chi connectivity index (χ1n) is 17.3. The third kappa shape index (κ3) is 4.46. The molecule has 10 aromatic rings. The fraction of sp³-hybridized carbons (Fsp3) is 0. The summed E-state index contributed by atoms with van der Waals surface area (Å²) >= 11 is 0. The van der Waals surface area contributed by atoms with Crippen LogP contribution in [-0.4, -0.2) is 4.57 Å². The topological polar surface area (TPSA) is 55.8 Å². The van der Waals surface area contributed by atoms with Crippen LogP contribution in [0.4, 0.5) is 17.1 Å². The molecule has 1 aromatic heterocycles. The molecule has 0 saturated carbocycles. The van der Waals surface area contributed by atoms with Gasteiger partial charge in [0.15, 0.2) is 0 Å². The van der Waals surface area contributed by atoms with Crippen LogP contribution >= 0.6 is 0 Å². The van der Waals surface area contributed by atoms with Crippen molar-refractivity contribution in [2.45, 2.75) is 0 Å². The van der Waals surface area contributed by atoms with E-state index in [0.29, 0.717) is 11.1 Å². The van der Waals surface area contributed by atoms with Gasteiger partial charge in [-0.15, -0.1) is 0 Å². The number of fused-ring (bicyclic) bond motifs is 4. The summed E-state index contributed by atoms with van der Waals surface area (Å²) in [7, 11) is 0. The first kappa shape index (κ1) is 29.5. The number of rotatable bonds is 5. The Morgan fingerprint density at radius 1 is 0.423 bits per heavy atom. The van der Waals surface area contributed by atoms with Crippen LogP contribution in [0.2, 0.25) is 0 Å². The maximum Gasteiger partial charge on any atom is 0.0991 e. The van der Waals surface area contributed by atoms with Crippen molar-refractivity contribution in [3.05, 3.63) is 181 Å². The van der Waals surface area contributed by atoms with Gasteiger partial charge in [-0.25, -0.2) is 0 Å². The maximum absolute atomic E-state index is 9.40. The van der Waals surface area contributed by atoms with Gasteiger partial charge in [-0.3, -0.25) is 0 Å². The van der Waals surface area contributed by atoms with E-state index in [9.17, 15) is 10.5 Å². The lowest BCUT2D eigenvalue weighted by atomic mass is 9.88. The summed E-state index contributed by atoms with van der Waals surface area (Å²) < 4.78 is 2.39. The Morgan fingerprint density at radius 3 is 1.65 bits per heavy atom. The van der Waals surface area contributed by atoms with E-state index in [-0.39, 0.29) is 0 Å². The van der Waals surface area contributed by atoms with Gasteiger partial charge in [0.25, 0.3) is 0 Å². The molecule has 240 valence electrons. The van der Waals surface area contributed by atoms with E-state index >= 15 is 0 Å². The van der Waals surface area contributed by atoms with Crippen molar-refractivity contribution in [3.8, 4) is 29.0 Å². The molecule has 9 aromatic carbocycles. The molecule has 52 heavy (non-hydrogen) atoms. The minimum absolute atomic E-state index is 0.607. The highest BCUT2D eigenvalue weighted by atomic mass is 15.1. The molecule has 0 atom stereocenters. The zero-order chi connectivity index (χ0) is 34.8. The molecule has 0 saturated heterocycles. The van der Waals surface area contributed by atoms with E-state index in [1.54, 1.807) is 0 Å². The van der Waals surface area contributed by atoms with Crippen molar-refractivity contribution < 1.29 is 0 Å². The predicted octanol–water partition coefficient (Wildman–Crippen LogP) is 12.6. The van der Waals surface area contributed by atoms with E-state index in [0.717, 1.165) is 28.3 Å². The molecule has 0 N–H and O–H groups in total. The maximum atomic E-state index is 9.40. The number of aromatic nitrogens is 1. The van der Waals surface area contributed by atoms with Crippen molar-refractivity contribution in [2.75, 3.05) is 4.90 Å². The third-order valence-corrected chi connectivity index (χ3v) is 10.4. The zero-order valence-electron chi connectivity index (χ0n) is 28.0. The highest BCUT2D eigenvalue weighted by Gasteiger charge is 2.20. The molecule has 1 heterocycles. The van der Waals surface area contributed by atoms with Gasteiger partial charge in [-0.2, -0.15) is 10.5 Å². The van der Waals surface area contributed by atoms with Gasteiger partial charge >= 0.3 is 0 Å². The fourth-order valence-electron chi connectivity index (χ4n) is 8.04. The van der Waals surface area contributed by atoms with Gasteiger partial charge in [0.2, 0.25) is 0 Å². The highest BCUT2D eigenvalue weighted by molar-refractivity contribution is 6.34. The van der Waals surface area contributed by atoms with E-state index in [2.05, 4.69) is 143 Å². The van der Waals surface area contributed by atoms with E-state index < -0.39 is 0 Å². The average molecular weight is 661 g/mol. The van der Waals surface area contributed by atoms with Gasteiger partial charge in [0, 0.05) is 33.5 Å². The Kier molecular flexibility index (Phi) is 6.58. The Balaban J connectivity index is 1.14. The van der Waals surface area contributed by atoms with Gasteiger partial charge < -0.3 is 9.47 Å². The molecule has 0 aliphatic heterocycles. The number of hydrogen-bond acceptors (Lipinski definition) is 3. The normalized spacial score (nSPS) is 11.4. The Morgan fingerprint density at radius 2 is 0.981 bits per heavy atom. The van der Waals surface area contributed by atoms with Crippen LogP contribution < -0.4 is 4.90 Å². The second-order valence-corrected chi connectivity index (χ2v) is 13.2. The van der Waals surface area contributed by atoms with Crippen molar-refractivity contribution in [1.29, 1.82) is 10.5 Å². The molecular weight excluding hydrogens is 633 g/mol. The van der Waals surface area contributed by atoms with Crippen molar-refractivity contribution in [1.82, 2.24) is 4.57 Å². The van der Waals surface area contributed by atoms with Gasteiger partial charge in [-0.1, -0.05) is 84.9 Å². The van der Waals surface area contributed by atoms with Gasteiger partial charge in [-0.05, 0) is 128 Å². The summed E-state index contributed by atoms with van der Waals surface area (Å²) in [6.45, 7) is 0. The van der Waals surface area contributed by atoms with Crippen LogP contribution in [0, 0.1) is 22.7 Å². The van der Waals surface area contributed by atoms with Crippen LogP contribution in [0.1, 0.15) is 11.1 Å². The zero-order valence-corrected chi connectivity index (χ0v) is 28.0. The first-order valence-corrected chi connectivity index (χ1v) is 17.3. The quantitative estimate of drug-likeness (QED) is 0.173. The smallest absolute Gasteiger partial charge is 0.0991 e. The summed E-state index contributed by atoms with van der Waals surface area (Å²) in [5.41, 5.74) is 9.94. The van der Waals surface area contributed by atoms with Gasteiger partial charge in [0.05, 0.1) is 34.3 Å². The lowest BCUT2D eigenvalue weighted by Gasteiger charge is -2.26. The Hall–Kier alpha value is -7.40. The summed E-state index contributed by atoms with van der Waals surface area (Å²) in [6, 6.07) is 63.6. The molecule has 0 amide bonds. The highest BCUT2D eigenvalue weighted by Crippen LogP contribution is 2.45. The summed E-state index contributed by atoms with van der Waals surface area (Å²) in [4.78, 5) is 2.15. The molecule has 0 aliphatic carbocycles. The number of para-hydroxylation sites is 2. The molecule has 0 radical (unpaired) electrons. The molecule has 0 spiro atoms. The molecule has 0 unspecified atom stereocenters. The third-order valence-electron chi connectivity index (χ3n) is 10.4. The predicted molar refractivity (Wildman–Crippen MR) is 214 cm³/mol. The number of anilines is 3. The summed E-state index contributed by atoms with van der Waals surface area (Å²) in [6.07, 6.45) is 0. The average Bonchev–Trinajstić information content (AvgIpc) is 3.55. The summed E-state index contributed by atoms with van der Waals surface area (Å²) in [5.74, 6) is 0. The largest absolute Gasteiger partial charge is 0.311 e. The van der Waals surface area contributed by atoms with E-state index in [1.165, 1.54) is 59.7 Å². The van der Waals surface area contributed by atoms with Crippen LogP contribution in [0.25, 0.3) is 70.9 Å². The summed E-state index contributed by atoms with van der Waals surface area (Å²) in [5, 5.41) is 28.9. The second-order valence-electron chi connectivity index (χ2n) is 13.2. The van der Waals surface area contributed by atoms with Gasteiger partial charge in [0.1, 0.15) is 0 Å². The molecule has 0 aliphatic rings. The number of nitrogens with zero attached hydrogens (tertiary/aromatic N) is 4. The minimum Gasteiger partial charge on any atom is -0.311 e. The molecule has 0 bridgehead atoms. The second kappa shape index (κ2) is 11.6. The van der Waals surface area contributed by atoms with E-state index in [1.807, 2.05) is 48.5 Å². The fourth-order valence-corrected chi connectivity index (χ4v) is 8.04. The lowest BCUT2D eigenvalue weighted by molar-refractivity contribution is 1.18. The molecule has 0 fully saturated rings. The Labute approximate surface area is 300 Å². The van der Waals surface area contributed by atoms with Crippen LogP contribution in [0.15, 0.2) is 170 Å². The van der Waals surface area contributed by atoms with Crippen LogP contribution in [-0.2, 0) is 0 Å². The number of hydrogen-bond donors (Lipinski definition) is 0. The first-order chi connectivity index (χ1) is 25.7. The van der Waals surface area contributed by atoms with Crippen LogP contribution in [0.5, 0.6) is 0 Å². The minimum atomic E-state index is 0.607. The lowest BCUT2D eigenvalue weighted by Crippen LogP contribution is -2.09. The number of nitriles is 2.